The highest BCUT2D eigenvalue weighted by molar-refractivity contribution is 7.19. The van der Waals surface area contributed by atoms with Gasteiger partial charge in [-0.3, -0.25) is 0 Å². The maximum absolute atomic E-state index is 13.3. The molecule has 0 bridgehead atoms. The van der Waals surface area contributed by atoms with Gasteiger partial charge in [0.15, 0.2) is 0 Å². The number of halogens is 1. The molecule has 0 saturated heterocycles. The van der Waals surface area contributed by atoms with Crippen LogP contribution in [0, 0.1) is 17.7 Å². The van der Waals surface area contributed by atoms with Crippen molar-refractivity contribution in [1.82, 2.24) is 5.32 Å². The van der Waals surface area contributed by atoms with Gasteiger partial charge in [-0.2, -0.15) is 0 Å². The highest BCUT2D eigenvalue weighted by Gasteiger charge is 2.27. The molecule has 1 aliphatic rings. The van der Waals surface area contributed by atoms with E-state index in [9.17, 15) is 4.39 Å². The van der Waals surface area contributed by atoms with E-state index in [-0.39, 0.29) is 5.82 Å². The number of fused-ring (bicyclic) bond motifs is 1. The Morgan fingerprint density at radius 3 is 2.65 bits per heavy atom. The Labute approximate surface area is 124 Å². The van der Waals surface area contributed by atoms with Gasteiger partial charge in [0, 0.05) is 15.6 Å². The molecule has 3 heteroatoms. The Balaban J connectivity index is 1.87. The molecule has 1 heterocycles. The van der Waals surface area contributed by atoms with Crippen LogP contribution in [0.15, 0.2) is 24.3 Å². The van der Waals surface area contributed by atoms with E-state index >= 15 is 0 Å². The zero-order chi connectivity index (χ0) is 14.1. The van der Waals surface area contributed by atoms with E-state index in [0.717, 1.165) is 16.0 Å². The molecule has 108 valence electrons. The van der Waals surface area contributed by atoms with Crippen LogP contribution in [0.25, 0.3) is 10.1 Å². The Morgan fingerprint density at radius 1 is 1.20 bits per heavy atom. The number of nitrogens with one attached hydrogen (secondary N) is 1. The summed E-state index contributed by atoms with van der Waals surface area (Å²) in [6.45, 7) is 2.35. The number of hydrogen-bond acceptors (Lipinski definition) is 2. The van der Waals surface area contributed by atoms with Gasteiger partial charge >= 0.3 is 0 Å². The van der Waals surface area contributed by atoms with E-state index in [1.54, 1.807) is 23.5 Å². The van der Waals surface area contributed by atoms with E-state index in [0.29, 0.717) is 12.0 Å². The molecule has 1 nitrogen and oxygen atoms in total. The molecule has 2 aromatic rings. The fraction of sp³-hybridized carbons (Fsp3) is 0.529. The van der Waals surface area contributed by atoms with Gasteiger partial charge in [0.05, 0.1) is 0 Å². The van der Waals surface area contributed by atoms with E-state index in [1.807, 2.05) is 13.1 Å². The molecule has 0 spiro atoms. The van der Waals surface area contributed by atoms with Gasteiger partial charge in [0.25, 0.3) is 0 Å². The molecule has 1 N–H and O–H groups in total. The smallest absolute Gasteiger partial charge is 0.124 e. The van der Waals surface area contributed by atoms with E-state index in [1.165, 1.54) is 30.6 Å². The second kappa shape index (κ2) is 5.82. The maximum Gasteiger partial charge on any atom is 0.124 e. The molecule has 20 heavy (non-hydrogen) atoms. The molecule has 1 atom stereocenters. The molecular weight excluding hydrogens is 269 g/mol. The van der Waals surface area contributed by atoms with Gasteiger partial charge in [-0.1, -0.05) is 25.8 Å². The Morgan fingerprint density at radius 2 is 1.95 bits per heavy atom. The summed E-state index contributed by atoms with van der Waals surface area (Å²) >= 11 is 1.74. The highest BCUT2D eigenvalue weighted by Crippen LogP contribution is 2.40. The summed E-state index contributed by atoms with van der Waals surface area (Å²) in [5, 5.41) is 4.66. The first-order valence-corrected chi connectivity index (χ1v) is 8.35. The van der Waals surface area contributed by atoms with Crippen molar-refractivity contribution in [3.05, 3.63) is 35.0 Å². The van der Waals surface area contributed by atoms with Gasteiger partial charge in [-0.15, -0.1) is 11.3 Å². The summed E-state index contributed by atoms with van der Waals surface area (Å²) in [5.41, 5.74) is 0. The van der Waals surface area contributed by atoms with Crippen LogP contribution in [-0.4, -0.2) is 7.05 Å². The summed E-state index contributed by atoms with van der Waals surface area (Å²) in [6.07, 6.45) is 5.27. The number of rotatable bonds is 3. The molecule has 1 fully saturated rings. The fourth-order valence-corrected chi connectivity index (χ4v) is 4.70. The minimum atomic E-state index is -0.140. The van der Waals surface area contributed by atoms with Gasteiger partial charge in [-0.05, 0) is 55.3 Å². The monoisotopic (exact) mass is 291 g/mol. The highest BCUT2D eigenvalue weighted by atomic mass is 32.1. The van der Waals surface area contributed by atoms with Crippen molar-refractivity contribution < 1.29 is 4.39 Å². The molecule has 0 amide bonds. The van der Waals surface area contributed by atoms with Crippen molar-refractivity contribution in [1.29, 1.82) is 0 Å². The summed E-state index contributed by atoms with van der Waals surface area (Å²) in [5.74, 6) is 1.45. The molecule has 1 aliphatic carbocycles. The average Bonchev–Trinajstić information content (AvgIpc) is 2.84. The Kier molecular flexibility index (Phi) is 4.08. The number of hydrogen-bond donors (Lipinski definition) is 1. The topological polar surface area (TPSA) is 12.0 Å². The van der Waals surface area contributed by atoms with Crippen molar-refractivity contribution in [2.45, 2.75) is 38.6 Å². The Bertz CT molecular complexity index is 584. The molecular formula is C17H22FNS. The van der Waals surface area contributed by atoms with Crippen LogP contribution < -0.4 is 5.32 Å². The summed E-state index contributed by atoms with van der Waals surface area (Å²) < 4.78 is 14.4. The first kappa shape index (κ1) is 14.0. The van der Waals surface area contributed by atoms with Crippen LogP contribution in [0.5, 0.6) is 0 Å². The lowest BCUT2D eigenvalue weighted by Gasteiger charge is -2.32. The third-order valence-electron chi connectivity index (χ3n) is 4.65. The molecule has 0 radical (unpaired) electrons. The molecule has 1 aromatic carbocycles. The second-order valence-corrected chi connectivity index (χ2v) is 7.23. The van der Waals surface area contributed by atoms with Crippen LogP contribution in [0.1, 0.15) is 43.5 Å². The van der Waals surface area contributed by atoms with Gasteiger partial charge in [-0.25, -0.2) is 4.39 Å². The zero-order valence-corrected chi connectivity index (χ0v) is 13.0. The largest absolute Gasteiger partial charge is 0.312 e. The number of thiophene rings is 1. The fourth-order valence-electron chi connectivity index (χ4n) is 3.41. The lowest BCUT2D eigenvalue weighted by atomic mass is 9.79. The predicted molar refractivity (Wildman–Crippen MR) is 84.7 cm³/mol. The summed E-state index contributed by atoms with van der Waals surface area (Å²) in [7, 11) is 2.05. The lowest BCUT2D eigenvalue weighted by molar-refractivity contribution is 0.240. The van der Waals surface area contributed by atoms with Crippen molar-refractivity contribution in [3.8, 4) is 0 Å². The standard InChI is InChI=1S/C17H22FNS/c1-11-3-5-12(6-4-11)17(19-2)16-9-13-7-8-14(18)10-15(13)20-16/h7-12,17,19H,3-6H2,1-2H3. The minimum Gasteiger partial charge on any atom is -0.312 e. The third-order valence-corrected chi connectivity index (χ3v) is 5.83. The normalized spacial score (nSPS) is 24.9. The lowest BCUT2D eigenvalue weighted by Crippen LogP contribution is -2.27. The summed E-state index contributed by atoms with van der Waals surface area (Å²) in [4.78, 5) is 1.35. The third kappa shape index (κ3) is 2.75. The molecule has 3 rings (SSSR count). The van der Waals surface area contributed by atoms with Crippen molar-refractivity contribution in [2.75, 3.05) is 7.05 Å². The van der Waals surface area contributed by atoms with Crippen LogP contribution in [0.4, 0.5) is 4.39 Å². The minimum absolute atomic E-state index is 0.140. The van der Waals surface area contributed by atoms with Gasteiger partial charge in [0.1, 0.15) is 5.82 Å². The average molecular weight is 291 g/mol. The van der Waals surface area contributed by atoms with Gasteiger partial charge < -0.3 is 5.32 Å². The van der Waals surface area contributed by atoms with E-state index < -0.39 is 0 Å². The number of benzene rings is 1. The SMILES string of the molecule is CNC(c1cc2ccc(F)cc2s1)C1CCC(C)CC1. The van der Waals surface area contributed by atoms with Gasteiger partial charge in [0.2, 0.25) is 0 Å². The second-order valence-electron chi connectivity index (χ2n) is 6.12. The van der Waals surface area contributed by atoms with Crippen molar-refractivity contribution in [2.24, 2.45) is 11.8 Å². The first-order chi connectivity index (χ1) is 9.67. The zero-order valence-electron chi connectivity index (χ0n) is 12.2. The molecule has 1 unspecified atom stereocenters. The summed E-state index contributed by atoms with van der Waals surface area (Å²) in [6, 6.07) is 7.75. The van der Waals surface area contributed by atoms with E-state index in [2.05, 4.69) is 18.3 Å². The van der Waals surface area contributed by atoms with Crippen LogP contribution in [0.3, 0.4) is 0 Å². The van der Waals surface area contributed by atoms with Crippen LogP contribution >= 0.6 is 11.3 Å². The maximum atomic E-state index is 13.3. The Hall–Kier alpha value is -0.930. The quantitative estimate of drug-likeness (QED) is 0.827. The predicted octanol–water partition coefficient (Wildman–Crippen LogP) is 5.13. The van der Waals surface area contributed by atoms with Crippen LogP contribution in [0.2, 0.25) is 0 Å². The van der Waals surface area contributed by atoms with Crippen molar-refractivity contribution in [3.63, 3.8) is 0 Å². The molecule has 1 aromatic heterocycles. The molecule has 1 saturated carbocycles. The molecule has 0 aliphatic heterocycles. The first-order valence-electron chi connectivity index (χ1n) is 7.53. The van der Waals surface area contributed by atoms with Crippen molar-refractivity contribution >= 4 is 21.4 Å². The van der Waals surface area contributed by atoms with E-state index in [4.69, 9.17) is 0 Å². The van der Waals surface area contributed by atoms with Crippen LogP contribution in [-0.2, 0) is 0 Å².